The summed E-state index contributed by atoms with van der Waals surface area (Å²) in [6.07, 6.45) is 2.47. The van der Waals surface area contributed by atoms with Crippen molar-refractivity contribution in [2.45, 2.75) is 50.0 Å². The molecule has 1 saturated heterocycles. The van der Waals surface area contributed by atoms with Crippen molar-refractivity contribution in [1.82, 2.24) is 9.62 Å². The van der Waals surface area contributed by atoms with Gasteiger partial charge in [-0.1, -0.05) is 18.2 Å². The second-order valence-corrected chi connectivity index (χ2v) is 9.57. The van der Waals surface area contributed by atoms with Crippen molar-refractivity contribution in [3.63, 3.8) is 0 Å². The number of carbonyl (C=O) groups is 1. The summed E-state index contributed by atoms with van der Waals surface area (Å²) in [5, 5.41) is 2.75. The highest BCUT2D eigenvalue weighted by Crippen LogP contribution is 2.21. The van der Waals surface area contributed by atoms with Gasteiger partial charge in [0.05, 0.1) is 4.90 Å². The number of carbonyl (C=O) groups excluding carboxylic acids is 1. The molecule has 8 heteroatoms. The number of amides is 1. The molecule has 5 nitrogen and oxygen atoms in total. The largest absolute Gasteiger partial charge is 0.353 e. The Kier molecular flexibility index (Phi) is 7.20. The lowest BCUT2D eigenvalue weighted by molar-refractivity contribution is -0.121. The maximum Gasteiger partial charge on any atom is 0.243 e. The molecule has 0 radical (unpaired) electrons. The minimum Gasteiger partial charge on any atom is -0.353 e. The molecule has 0 saturated carbocycles. The Morgan fingerprint density at radius 2 is 1.67 bits per heavy atom. The average Bonchev–Trinajstić information content (AvgIpc) is 3.25. The van der Waals surface area contributed by atoms with Crippen LogP contribution >= 0.6 is 0 Å². The maximum atomic E-state index is 13.7. The van der Waals surface area contributed by atoms with Crippen LogP contribution < -0.4 is 5.32 Å². The van der Waals surface area contributed by atoms with E-state index in [1.54, 1.807) is 31.2 Å². The van der Waals surface area contributed by atoms with E-state index in [1.165, 1.54) is 22.5 Å². The molecule has 1 N–H and O–H groups in total. The average molecular weight is 437 g/mol. The fourth-order valence-electron chi connectivity index (χ4n) is 3.60. The van der Waals surface area contributed by atoms with Crippen LogP contribution in [0, 0.1) is 11.6 Å². The number of hydrogen-bond acceptors (Lipinski definition) is 3. The van der Waals surface area contributed by atoms with Crippen molar-refractivity contribution < 1.29 is 22.0 Å². The number of nitrogens with one attached hydrogen (secondary N) is 1. The summed E-state index contributed by atoms with van der Waals surface area (Å²) in [5.41, 5.74) is 0.804. The van der Waals surface area contributed by atoms with E-state index in [9.17, 15) is 22.0 Å². The smallest absolute Gasteiger partial charge is 0.243 e. The highest BCUT2D eigenvalue weighted by molar-refractivity contribution is 7.89. The second kappa shape index (κ2) is 9.66. The normalized spacial score (nSPS) is 15.8. The van der Waals surface area contributed by atoms with E-state index in [0.717, 1.165) is 18.4 Å². The molecule has 0 spiro atoms. The molecule has 1 amide bonds. The first-order valence-corrected chi connectivity index (χ1v) is 11.5. The van der Waals surface area contributed by atoms with E-state index >= 15 is 0 Å². The van der Waals surface area contributed by atoms with Gasteiger partial charge in [0.1, 0.15) is 11.6 Å². The molecule has 1 aliphatic rings. The third kappa shape index (κ3) is 5.43. The van der Waals surface area contributed by atoms with Gasteiger partial charge in [0, 0.05) is 31.1 Å². The van der Waals surface area contributed by atoms with E-state index in [-0.39, 0.29) is 29.2 Å². The predicted molar refractivity (Wildman–Crippen MR) is 110 cm³/mol. The highest BCUT2D eigenvalue weighted by Gasteiger charge is 2.26. The lowest BCUT2D eigenvalue weighted by Gasteiger charge is -2.16. The lowest BCUT2D eigenvalue weighted by atomic mass is 10.1. The van der Waals surface area contributed by atoms with Crippen LogP contribution in [0.2, 0.25) is 0 Å². The van der Waals surface area contributed by atoms with Crippen LogP contribution in [0.4, 0.5) is 8.78 Å². The summed E-state index contributed by atoms with van der Waals surface area (Å²) < 4.78 is 54.0. The van der Waals surface area contributed by atoms with Crippen LogP contribution in [0.5, 0.6) is 0 Å². The molecule has 0 aliphatic carbocycles. The van der Waals surface area contributed by atoms with E-state index in [2.05, 4.69) is 5.32 Å². The van der Waals surface area contributed by atoms with Gasteiger partial charge < -0.3 is 5.32 Å². The van der Waals surface area contributed by atoms with Gasteiger partial charge in [0.25, 0.3) is 0 Å². The molecule has 1 atom stereocenters. The van der Waals surface area contributed by atoms with Crippen molar-refractivity contribution in [3.05, 3.63) is 65.2 Å². The van der Waals surface area contributed by atoms with Gasteiger partial charge >= 0.3 is 0 Å². The second-order valence-electron chi connectivity index (χ2n) is 7.63. The van der Waals surface area contributed by atoms with Crippen LogP contribution in [0.1, 0.15) is 37.3 Å². The summed E-state index contributed by atoms with van der Waals surface area (Å²) in [6, 6.07) is 9.86. The fourth-order valence-corrected chi connectivity index (χ4v) is 5.11. The van der Waals surface area contributed by atoms with Crippen LogP contribution in [0.15, 0.2) is 47.4 Å². The van der Waals surface area contributed by atoms with Crippen molar-refractivity contribution in [2.75, 3.05) is 13.1 Å². The molecule has 2 aromatic carbocycles. The molecule has 1 fully saturated rings. The van der Waals surface area contributed by atoms with Gasteiger partial charge in [-0.25, -0.2) is 17.2 Å². The fraction of sp³-hybridized carbons (Fsp3) is 0.409. The molecule has 2 aromatic rings. The van der Waals surface area contributed by atoms with E-state index < -0.39 is 27.7 Å². The number of halogens is 2. The minimum absolute atomic E-state index is 0.0416. The summed E-state index contributed by atoms with van der Waals surface area (Å²) in [5.74, 6) is -1.48. The van der Waals surface area contributed by atoms with Gasteiger partial charge in [0.15, 0.2) is 0 Å². The summed E-state index contributed by atoms with van der Waals surface area (Å²) in [6.45, 7) is 2.81. The molecular weight excluding hydrogens is 410 g/mol. The number of aryl methyl sites for hydroxylation is 1. The molecule has 30 heavy (non-hydrogen) atoms. The minimum atomic E-state index is -3.45. The molecule has 0 bridgehead atoms. The van der Waals surface area contributed by atoms with Gasteiger partial charge in [0.2, 0.25) is 15.9 Å². The van der Waals surface area contributed by atoms with Crippen molar-refractivity contribution in [3.8, 4) is 0 Å². The molecule has 0 aromatic heterocycles. The molecule has 1 aliphatic heterocycles. The Morgan fingerprint density at radius 1 is 1.07 bits per heavy atom. The van der Waals surface area contributed by atoms with Crippen LogP contribution in [0.3, 0.4) is 0 Å². The first-order chi connectivity index (χ1) is 14.3. The zero-order chi connectivity index (χ0) is 21.7. The number of rotatable bonds is 8. The summed E-state index contributed by atoms with van der Waals surface area (Å²) in [7, 11) is -3.45. The maximum absolute atomic E-state index is 13.7. The third-order valence-electron chi connectivity index (χ3n) is 5.25. The summed E-state index contributed by atoms with van der Waals surface area (Å²) >= 11 is 0. The van der Waals surface area contributed by atoms with E-state index in [4.69, 9.17) is 0 Å². The van der Waals surface area contributed by atoms with E-state index in [1.807, 2.05) is 0 Å². The first-order valence-electron chi connectivity index (χ1n) is 10.1. The Bertz CT molecular complexity index is 968. The van der Waals surface area contributed by atoms with Gasteiger partial charge in [-0.05, 0) is 62.4 Å². The molecule has 162 valence electrons. The Balaban J connectivity index is 1.51. The van der Waals surface area contributed by atoms with Gasteiger partial charge in [-0.15, -0.1) is 0 Å². The Labute approximate surface area is 176 Å². The predicted octanol–water partition coefficient (Wildman–Crippen LogP) is 3.43. The van der Waals surface area contributed by atoms with Crippen molar-refractivity contribution in [2.24, 2.45) is 0 Å². The van der Waals surface area contributed by atoms with Gasteiger partial charge in [-0.3, -0.25) is 4.79 Å². The first kappa shape index (κ1) is 22.4. The molecule has 1 heterocycles. The zero-order valence-corrected chi connectivity index (χ0v) is 17.7. The SMILES string of the molecule is CC(Cc1c(F)cccc1F)NC(=O)CCc1ccc(S(=O)(=O)N2CCCC2)cc1. The Morgan fingerprint density at radius 3 is 2.27 bits per heavy atom. The number of hydrogen-bond donors (Lipinski definition) is 1. The quantitative estimate of drug-likeness (QED) is 0.690. The topological polar surface area (TPSA) is 66.5 Å². The molecule has 3 rings (SSSR count). The highest BCUT2D eigenvalue weighted by atomic mass is 32.2. The van der Waals surface area contributed by atoms with Crippen LogP contribution in [0.25, 0.3) is 0 Å². The van der Waals surface area contributed by atoms with Crippen LogP contribution in [-0.4, -0.2) is 37.8 Å². The number of nitrogens with zero attached hydrogens (tertiary/aromatic N) is 1. The monoisotopic (exact) mass is 436 g/mol. The van der Waals surface area contributed by atoms with Crippen molar-refractivity contribution in [1.29, 1.82) is 0 Å². The lowest BCUT2D eigenvalue weighted by Crippen LogP contribution is -2.34. The van der Waals surface area contributed by atoms with Crippen LogP contribution in [-0.2, 0) is 27.7 Å². The van der Waals surface area contributed by atoms with E-state index in [0.29, 0.717) is 19.5 Å². The standard InChI is InChI=1S/C22H26F2N2O3S/c1-16(15-19-20(23)5-4-6-21(19)24)25-22(27)12-9-17-7-10-18(11-8-17)30(28,29)26-13-2-3-14-26/h4-8,10-11,16H,2-3,9,12-15H2,1H3,(H,25,27). The zero-order valence-electron chi connectivity index (χ0n) is 16.9. The number of benzene rings is 2. The van der Waals surface area contributed by atoms with Crippen molar-refractivity contribution >= 4 is 15.9 Å². The molecular formula is C22H26F2N2O3S. The third-order valence-corrected chi connectivity index (χ3v) is 7.16. The number of sulfonamides is 1. The Hall–Kier alpha value is -2.32. The van der Waals surface area contributed by atoms with Gasteiger partial charge in [-0.2, -0.15) is 4.31 Å². The summed E-state index contributed by atoms with van der Waals surface area (Å²) in [4.78, 5) is 12.4. The molecule has 1 unspecified atom stereocenters.